The summed E-state index contributed by atoms with van der Waals surface area (Å²) in [5.41, 5.74) is 19.2. The van der Waals surface area contributed by atoms with E-state index in [0.717, 1.165) is 79.0 Å². The Balaban J connectivity index is 0.990. The van der Waals surface area contributed by atoms with Gasteiger partial charge in [-0.25, -0.2) is 4.98 Å². The van der Waals surface area contributed by atoms with Gasteiger partial charge < -0.3 is 13.7 Å². The number of hydrogen-bond donors (Lipinski definition) is 0. The van der Waals surface area contributed by atoms with Crippen molar-refractivity contribution < 1.29 is 0 Å². The number of pyridine rings is 2. The number of rotatable bonds is 6. The molecule has 0 spiro atoms. The first-order valence-corrected chi connectivity index (χ1v) is 22.1. The highest BCUT2D eigenvalue weighted by molar-refractivity contribution is 6.11. The van der Waals surface area contributed by atoms with Gasteiger partial charge in [0, 0.05) is 61.5 Å². The van der Waals surface area contributed by atoms with Crippen LogP contribution < -0.4 is 0 Å². The Bertz CT molecular complexity index is 3760. The highest BCUT2D eigenvalue weighted by atomic mass is 15.0. The first-order valence-electron chi connectivity index (χ1n) is 22.1. The summed E-state index contributed by atoms with van der Waals surface area (Å²) in [6.07, 6.45) is 7.58. The predicted octanol–water partition coefficient (Wildman–Crippen LogP) is 14.8. The van der Waals surface area contributed by atoms with Crippen LogP contribution in [0.5, 0.6) is 0 Å². The van der Waals surface area contributed by atoms with Crippen LogP contribution in [0, 0.1) is 5.92 Å². The third-order valence-corrected chi connectivity index (χ3v) is 13.2. The monoisotopic (exact) mass is 819 g/mol. The molecule has 0 saturated carbocycles. The van der Waals surface area contributed by atoms with Crippen molar-refractivity contribution in [1.29, 1.82) is 0 Å². The normalized spacial score (nSPS) is 13.7. The molecule has 302 valence electrons. The zero-order valence-corrected chi connectivity index (χ0v) is 35.2. The maximum atomic E-state index is 5.20. The minimum atomic E-state index is 0.438. The van der Waals surface area contributed by atoms with Crippen LogP contribution >= 0.6 is 0 Å². The lowest BCUT2D eigenvalue weighted by Crippen LogP contribution is -2.08. The van der Waals surface area contributed by atoms with Crippen molar-refractivity contribution in [1.82, 2.24) is 23.7 Å². The number of benzene rings is 7. The second-order valence-corrected chi connectivity index (χ2v) is 17.1. The number of aromatic nitrogens is 5. The van der Waals surface area contributed by atoms with E-state index in [1.54, 1.807) is 0 Å². The van der Waals surface area contributed by atoms with E-state index in [1.165, 1.54) is 44.1 Å². The molecule has 0 radical (unpaired) electrons. The van der Waals surface area contributed by atoms with Crippen LogP contribution in [0.15, 0.2) is 206 Å². The summed E-state index contributed by atoms with van der Waals surface area (Å²) < 4.78 is 7.26. The topological polar surface area (TPSA) is 40.6 Å². The van der Waals surface area contributed by atoms with Crippen molar-refractivity contribution in [2.45, 2.75) is 13.3 Å². The number of hydrogen-bond acceptors (Lipinski definition) is 2. The molecule has 0 fully saturated rings. The van der Waals surface area contributed by atoms with E-state index in [2.05, 4.69) is 221 Å². The van der Waals surface area contributed by atoms with Gasteiger partial charge in [0.05, 0.1) is 50.2 Å². The Morgan fingerprint density at radius 2 is 1.05 bits per heavy atom. The van der Waals surface area contributed by atoms with Crippen molar-refractivity contribution in [3.05, 3.63) is 218 Å². The smallest absolute Gasteiger partial charge is 0.0964 e. The highest BCUT2D eigenvalue weighted by Gasteiger charge is 2.24. The van der Waals surface area contributed by atoms with E-state index in [9.17, 15) is 0 Å². The Morgan fingerprint density at radius 1 is 0.422 bits per heavy atom. The van der Waals surface area contributed by atoms with E-state index in [0.29, 0.717) is 5.92 Å². The average Bonchev–Trinajstić information content (AvgIpc) is 3.99. The average molecular weight is 820 g/mol. The molecule has 0 bridgehead atoms. The molecule has 1 unspecified atom stereocenters. The van der Waals surface area contributed by atoms with Gasteiger partial charge in [-0.1, -0.05) is 134 Å². The van der Waals surface area contributed by atoms with Crippen LogP contribution in [-0.2, 0) is 6.42 Å². The Kier molecular flexibility index (Phi) is 8.19. The quantitative estimate of drug-likeness (QED) is 0.168. The number of para-hydroxylation sites is 2. The molecule has 5 heterocycles. The van der Waals surface area contributed by atoms with Crippen molar-refractivity contribution in [3.63, 3.8) is 0 Å². The molecule has 1 atom stereocenters. The lowest BCUT2D eigenvalue weighted by Gasteiger charge is -2.17. The molecule has 5 aromatic heterocycles. The molecule has 0 aliphatic heterocycles. The Labute approximate surface area is 370 Å². The summed E-state index contributed by atoms with van der Waals surface area (Å²) in [5, 5.41) is 4.84. The van der Waals surface area contributed by atoms with Gasteiger partial charge in [-0.2, -0.15) is 0 Å². The molecular weight excluding hydrogens is 779 g/mol. The summed E-state index contributed by atoms with van der Waals surface area (Å²) in [6, 6.07) is 70.0. The minimum absolute atomic E-state index is 0.438. The zero-order chi connectivity index (χ0) is 42.3. The van der Waals surface area contributed by atoms with Gasteiger partial charge in [-0.05, 0) is 102 Å². The summed E-state index contributed by atoms with van der Waals surface area (Å²) >= 11 is 0. The lowest BCUT2D eigenvalue weighted by atomic mass is 9.94. The van der Waals surface area contributed by atoms with E-state index in [-0.39, 0.29) is 0 Å². The fourth-order valence-electron chi connectivity index (χ4n) is 10.3. The third-order valence-electron chi connectivity index (χ3n) is 13.2. The standard InChI is InChI=1S/C59H41N5/c1-38-23-27-47-48-28-24-42(34-58(48)63(57(47)32-38)44-26-30-55-50(35-44)59-56(22-13-31-60-59)62(55)43-18-9-4-10-19-43)41-25-29-54-49(33-41)46-20-11-12-21-53(46)64(54)45-36-51(39-14-5-2-6-15-39)61-52(37-45)40-16-7-3-8-17-40/h2-31,33-38H,32H2,1H3. The van der Waals surface area contributed by atoms with E-state index >= 15 is 0 Å². The summed E-state index contributed by atoms with van der Waals surface area (Å²) in [4.78, 5) is 10.1. The largest absolute Gasteiger partial charge is 0.313 e. The van der Waals surface area contributed by atoms with Crippen molar-refractivity contribution in [3.8, 4) is 50.7 Å². The summed E-state index contributed by atoms with van der Waals surface area (Å²) in [6.45, 7) is 2.32. The molecule has 5 nitrogen and oxygen atoms in total. The third kappa shape index (κ3) is 5.71. The van der Waals surface area contributed by atoms with Crippen LogP contribution in [-0.4, -0.2) is 23.7 Å². The molecule has 7 aromatic carbocycles. The van der Waals surface area contributed by atoms with Gasteiger partial charge in [0.15, 0.2) is 0 Å². The van der Waals surface area contributed by atoms with Crippen LogP contribution in [0.3, 0.4) is 0 Å². The van der Waals surface area contributed by atoms with Crippen LogP contribution in [0.4, 0.5) is 0 Å². The molecule has 0 amide bonds. The number of allylic oxidation sites excluding steroid dienone is 1. The molecule has 1 aliphatic rings. The van der Waals surface area contributed by atoms with Gasteiger partial charge in [-0.15, -0.1) is 0 Å². The molecular formula is C59H41N5. The maximum Gasteiger partial charge on any atom is 0.0964 e. The van der Waals surface area contributed by atoms with Crippen molar-refractivity contribution >= 4 is 60.7 Å². The minimum Gasteiger partial charge on any atom is -0.313 e. The molecule has 0 N–H and O–H groups in total. The van der Waals surface area contributed by atoms with E-state index in [4.69, 9.17) is 9.97 Å². The van der Waals surface area contributed by atoms with Crippen LogP contribution in [0.25, 0.3) is 111 Å². The molecule has 5 heteroatoms. The summed E-state index contributed by atoms with van der Waals surface area (Å²) in [7, 11) is 0. The fourth-order valence-corrected chi connectivity index (χ4v) is 10.3. The van der Waals surface area contributed by atoms with E-state index < -0.39 is 0 Å². The SMILES string of the molecule is CC1C=Cc2c(n(-c3ccc4c(c3)c3ncccc3n4-c3ccccc3)c3cc(-c4ccc5c(c4)c4ccccc4n5-c4cc(-c5ccccc5)nc(-c5ccccc5)c4)ccc23)C1. The first kappa shape index (κ1) is 36.4. The second kappa shape index (κ2) is 14.4. The van der Waals surface area contributed by atoms with Crippen molar-refractivity contribution in [2.24, 2.45) is 5.92 Å². The lowest BCUT2D eigenvalue weighted by molar-refractivity contribution is 0.691. The summed E-state index contributed by atoms with van der Waals surface area (Å²) in [5.74, 6) is 0.438. The van der Waals surface area contributed by atoms with Gasteiger partial charge in [0.2, 0.25) is 0 Å². The molecule has 13 rings (SSSR count). The Hall–Kier alpha value is -8.28. The molecule has 0 saturated heterocycles. The first-order chi connectivity index (χ1) is 31.6. The number of fused-ring (bicyclic) bond motifs is 9. The molecule has 12 aromatic rings. The Morgan fingerprint density at radius 3 is 1.83 bits per heavy atom. The number of nitrogens with zero attached hydrogens (tertiary/aromatic N) is 5. The van der Waals surface area contributed by atoms with E-state index in [1.807, 2.05) is 12.3 Å². The van der Waals surface area contributed by atoms with Gasteiger partial charge in [0.1, 0.15) is 0 Å². The zero-order valence-electron chi connectivity index (χ0n) is 35.2. The fraction of sp³-hybridized carbons (Fsp3) is 0.0508. The predicted molar refractivity (Wildman–Crippen MR) is 266 cm³/mol. The molecule has 1 aliphatic carbocycles. The maximum absolute atomic E-state index is 5.20. The van der Waals surface area contributed by atoms with Crippen molar-refractivity contribution in [2.75, 3.05) is 0 Å². The van der Waals surface area contributed by atoms with Gasteiger partial charge >= 0.3 is 0 Å². The van der Waals surface area contributed by atoms with Crippen LogP contribution in [0.2, 0.25) is 0 Å². The second-order valence-electron chi connectivity index (χ2n) is 17.1. The van der Waals surface area contributed by atoms with Gasteiger partial charge in [0.25, 0.3) is 0 Å². The van der Waals surface area contributed by atoms with Gasteiger partial charge in [-0.3, -0.25) is 4.98 Å². The molecule has 64 heavy (non-hydrogen) atoms. The van der Waals surface area contributed by atoms with Crippen LogP contribution in [0.1, 0.15) is 18.2 Å². The highest BCUT2D eigenvalue weighted by Crippen LogP contribution is 2.41.